The molecule has 29 heavy (non-hydrogen) atoms. The number of hydrogen-bond donors (Lipinski definition) is 0. The Kier molecular flexibility index (Phi) is 6.96. The second-order valence-electron chi connectivity index (χ2n) is 9.55. The molecule has 1 amide bonds. The average Bonchev–Trinajstić information content (AvgIpc) is 3.44. The molecular formula is C24H39N3O2. The highest BCUT2D eigenvalue weighted by Crippen LogP contribution is 2.27. The number of likely N-dealkylation sites (tertiary alicyclic amines) is 3. The van der Waals surface area contributed by atoms with E-state index in [0.29, 0.717) is 11.8 Å². The van der Waals surface area contributed by atoms with Crippen molar-refractivity contribution >= 4 is 5.91 Å². The Bertz CT molecular complexity index is 651. The molecular weight excluding hydrogens is 362 g/mol. The number of amides is 1. The van der Waals surface area contributed by atoms with Gasteiger partial charge >= 0.3 is 0 Å². The first kappa shape index (κ1) is 20.9. The van der Waals surface area contributed by atoms with Gasteiger partial charge in [0.15, 0.2) is 0 Å². The fraction of sp³-hybridized carbons (Fsp3) is 0.792. The zero-order valence-corrected chi connectivity index (χ0v) is 18.4. The van der Waals surface area contributed by atoms with Crippen molar-refractivity contribution in [1.82, 2.24) is 14.7 Å². The fourth-order valence-corrected chi connectivity index (χ4v) is 5.45. The van der Waals surface area contributed by atoms with Crippen molar-refractivity contribution in [2.45, 2.75) is 70.8 Å². The first-order valence-corrected chi connectivity index (χ1v) is 11.9. The van der Waals surface area contributed by atoms with Crippen LogP contribution in [0.4, 0.5) is 0 Å². The fourth-order valence-electron chi connectivity index (χ4n) is 5.45. The molecule has 0 aliphatic carbocycles. The van der Waals surface area contributed by atoms with Crippen molar-refractivity contribution in [1.29, 1.82) is 0 Å². The molecule has 1 aromatic heterocycles. The predicted octanol–water partition coefficient (Wildman–Crippen LogP) is 3.88. The van der Waals surface area contributed by atoms with Crippen LogP contribution in [-0.2, 0) is 4.79 Å². The van der Waals surface area contributed by atoms with Gasteiger partial charge in [0, 0.05) is 31.0 Å². The molecule has 0 aromatic carbocycles. The summed E-state index contributed by atoms with van der Waals surface area (Å²) >= 11 is 0. The molecule has 3 aliphatic rings. The number of piperidine rings is 2. The summed E-state index contributed by atoms with van der Waals surface area (Å²) in [6.45, 7) is 12.1. The van der Waals surface area contributed by atoms with Gasteiger partial charge in [-0.2, -0.15) is 0 Å². The first-order chi connectivity index (χ1) is 14.1. The summed E-state index contributed by atoms with van der Waals surface area (Å²) in [5.74, 6) is 3.37. The van der Waals surface area contributed by atoms with E-state index in [1.165, 1.54) is 51.7 Å². The van der Waals surface area contributed by atoms with Crippen molar-refractivity contribution in [2.75, 3.05) is 45.8 Å². The predicted molar refractivity (Wildman–Crippen MR) is 116 cm³/mol. The van der Waals surface area contributed by atoms with Crippen LogP contribution in [0.25, 0.3) is 0 Å². The Morgan fingerprint density at radius 1 is 1.03 bits per heavy atom. The van der Waals surface area contributed by atoms with Crippen LogP contribution in [0.15, 0.2) is 16.5 Å². The van der Waals surface area contributed by atoms with E-state index < -0.39 is 0 Å². The Balaban J connectivity index is 1.15. The molecule has 1 aromatic rings. The van der Waals surface area contributed by atoms with Crippen LogP contribution in [0.3, 0.4) is 0 Å². The van der Waals surface area contributed by atoms with Crippen molar-refractivity contribution < 1.29 is 9.21 Å². The van der Waals surface area contributed by atoms with Crippen molar-refractivity contribution in [3.8, 4) is 0 Å². The Labute approximate surface area is 176 Å². The van der Waals surface area contributed by atoms with Crippen molar-refractivity contribution in [2.24, 2.45) is 5.92 Å². The van der Waals surface area contributed by atoms with Gasteiger partial charge in [0.05, 0.1) is 0 Å². The SMILES string of the molecule is Cc1ccc([C@H](C)CCN2CCC(N3CCC(C(=O)N4CCCC4)CC3)CC2)o1. The van der Waals surface area contributed by atoms with E-state index >= 15 is 0 Å². The average molecular weight is 402 g/mol. The van der Waals surface area contributed by atoms with E-state index in [1.54, 1.807) is 0 Å². The summed E-state index contributed by atoms with van der Waals surface area (Å²) in [6.07, 6.45) is 8.25. The van der Waals surface area contributed by atoms with Gasteiger partial charge in [-0.1, -0.05) is 6.92 Å². The van der Waals surface area contributed by atoms with Crippen LogP contribution in [0.1, 0.15) is 69.3 Å². The van der Waals surface area contributed by atoms with Gasteiger partial charge in [-0.25, -0.2) is 0 Å². The minimum Gasteiger partial charge on any atom is -0.466 e. The highest BCUT2D eigenvalue weighted by molar-refractivity contribution is 5.79. The largest absolute Gasteiger partial charge is 0.466 e. The number of carbonyl (C=O) groups is 1. The number of nitrogens with zero attached hydrogens (tertiary/aromatic N) is 3. The maximum absolute atomic E-state index is 12.7. The van der Waals surface area contributed by atoms with E-state index in [-0.39, 0.29) is 5.92 Å². The van der Waals surface area contributed by atoms with E-state index in [0.717, 1.165) is 56.6 Å². The number of aryl methyl sites for hydroxylation is 1. The summed E-state index contributed by atoms with van der Waals surface area (Å²) in [5.41, 5.74) is 0. The van der Waals surface area contributed by atoms with Crippen LogP contribution in [0.5, 0.6) is 0 Å². The van der Waals surface area contributed by atoms with Crippen LogP contribution in [0.2, 0.25) is 0 Å². The van der Waals surface area contributed by atoms with Gasteiger partial charge in [0.2, 0.25) is 5.91 Å². The third-order valence-electron chi connectivity index (χ3n) is 7.50. The lowest BCUT2D eigenvalue weighted by Gasteiger charge is -2.42. The van der Waals surface area contributed by atoms with E-state index in [1.807, 2.05) is 6.92 Å². The topological polar surface area (TPSA) is 39.9 Å². The smallest absolute Gasteiger partial charge is 0.225 e. The lowest BCUT2D eigenvalue weighted by molar-refractivity contribution is -0.136. The van der Waals surface area contributed by atoms with Gasteiger partial charge in [-0.3, -0.25) is 4.79 Å². The Hall–Kier alpha value is -1.33. The summed E-state index contributed by atoms with van der Waals surface area (Å²) in [6, 6.07) is 4.92. The molecule has 1 atom stereocenters. The third kappa shape index (κ3) is 5.24. The van der Waals surface area contributed by atoms with Crippen LogP contribution in [0, 0.1) is 12.8 Å². The maximum Gasteiger partial charge on any atom is 0.225 e. The lowest BCUT2D eigenvalue weighted by Crippen LogP contribution is -2.49. The van der Waals surface area contributed by atoms with Gasteiger partial charge in [0.1, 0.15) is 11.5 Å². The van der Waals surface area contributed by atoms with Gasteiger partial charge in [0.25, 0.3) is 0 Å². The van der Waals surface area contributed by atoms with Crippen LogP contribution in [-0.4, -0.2) is 72.5 Å². The molecule has 0 N–H and O–H groups in total. The van der Waals surface area contributed by atoms with E-state index in [2.05, 4.69) is 33.8 Å². The molecule has 3 aliphatic heterocycles. The minimum absolute atomic E-state index is 0.288. The molecule has 5 heteroatoms. The normalized spacial score (nSPS) is 24.3. The molecule has 162 valence electrons. The highest BCUT2D eigenvalue weighted by Gasteiger charge is 2.33. The van der Waals surface area contributed by atoms with Gasteiger partial charge in [-0.15, -0.1) is 0 Å². The quantitative estimate of drug-likeness (QED) is 0.725. The summed E-state index contributed by atoms with van der Waals surface area (Å²) in [5, 5.41) is 0. The van der Waals surface area contributed by atoms with Crippen LogP contribution >= 0.6 is 0 Å². The molecule has 0 saturated carbocycles. The number of furan rings is 1. The number of rotatable bonds is 6. The first-order valence-electron chi connectivity index (χ1n) is 11.9. The molecule has 5 nitrogen and oxygen atoms in total. The molecule has 0 spiro atoms. The third-order valence-corrected chi connectivity index (χ3v) is 7.50. The second kappa shape index (κ2) is 9.65. The molecule has 3 fully saturated rings. The summed E-state index contributed by atoms with van der Waals surface area (Å²) < 4.78 is 5.79. The number of hydrogen-bond acceptors (Lipinski definition) is 4. The standard InChI is InChI=1S/C24H39N3O2/c1-19(23-6-5-20(2)29-23)7-14-25-15-10-22(11-16-25)26-17-8-21(9-18-26)24(28)27-12-3-4-13-27/h5-6,19,21-22H,3-4,7-18H2,1-2H3/t19-/m1/s1. The van der Waals surface area contributed by atoms with Crippen molar-refractivity contribution in [3.63, 3.8) is 0 Å². The zero-order chi connectivity index (χ0) is 20.2. The highest BCUT2D eigenvalue weighted by atomic mass is 16.3. The molecule has 4 rings (SSSR count). The van der Waals surface area contributed by atoms with Gasteiger partial charge < -0.3 is 19.1 Å². The Morgan fingerprint density at radius 2 is 1.72 bits per heavy atom. The molecule has 4 heterocycles. The molecule has 3 saturated heterocycles. The zero-order valence-electron chi connectivity index (χ0n) is 18.4. The second-order valence-corrected chi connectivity index (χ2v) is 9.55. The monoisotopic (exact) mass is 401 g/mol. The van der Waals surface area contributed by atoms with Crippen LogP contribution < -0.4 is 0 Å². The molecule has 0 radical (unpaired) electrons. The summed E-state index contributed by atoms with van der Waals surface area (Å²) in [4.78, 5) is 20.1. The molecule has 0 unspecified atom stereocenters. The lowest BCUT2D eigenvalue weighted by atomic mass is 9.92. The van der Waals surface area contributed by atoms with E-state index in [9.17, 15) is 4.79 Å². The Morgan fingerprint density at radius 3 is 2.34 bits per heavy atom. The maximum atomic E-state index is 12.7. The van der Waals surface area contributed by atoms with E-state index in [4.69, 9.17) is 4.42 Å². The van der Waals surface area contributed by atoms with Crippen molar-refractivity contribution in [3.05, 3.63) is 23.7 Å². The number of carbonyl (C=O) groups excluding carboxylic acids is 1. The van der Waals surface area contributed by atoms with Gasteiger partial charge in [-0.05, 0) is 96.7 Å². The molecule has 0 bridgehead atoms. The summed E-state index contributed by atoms with van der Waals surface area (Å²) in [7, 11) is 0. The minimum atomic E-state index is 0.288.